The molecule has 31 heavy (non-hydrogen) atoms. The third-order valence-electron chi connectivity index (χ3n) is 4.96. The van der Waals surface area contributed by atoms with Gasteiger partial charge in [-0.25, -0.2) is 4.68 Å². The Hall–Kier alpha value is -2.05. The minimum Gasteiger partial charge on any atom is -0.334 e. The monoisotopic (exact) mass is 466 g/mol. The molecule has 2 amide bonds. The number of rotatable bonds is 9. The molecule has 2 rings (SSSR count). The molecule has 6 nitrogen and oxygen atoms in total. The predicted octanol–water partition coefficient (Wildman–Crippen LogP) is 5.84. The first-order valence-corrected chi connectivity index (χ1v) is 11.5. The van der Waals surface area contributed by atoms with Crippen molar-refractivity contribution >= 4 is 40.8 Å². The second-order valence-corrected chi connectivity index (χ2v) is 9.40. The molecule has 0 unspecified atom stereocenters. The molecule has 0 aliphatic heterocycles. The first-order chi connectivity index (χ1) is 14.6. The highest BCUT2D eigenvalue weighted by Crippen LogP contribution is 2.29. The van der Waals surface area contributed by atoms with Gasteiger partial charge in [0, 0.05) is 24.4 Å². The second kappa shape index (κ2) is 11.0. The van der Waals surface area contributed by atoms with Crippen LogP contribution in [-0.2, 0) is 15.0 Å². The fraction of sp³-hybridized carbons (Fsp3) is 0.522. The van der Waals surface area contributed by atoms with Crippen molar-refractivity contribution in [2.45, 2.75) is 65.7 Å². The van der Waals surface area contributed by atoms with Gasteiger partial charge in [0.15, 0.2) is 0 Å². The quantitative estimate of drug-likeness (QED) is 0.471. The number of amides is 2. The molecule has 0 bridgehead atoms. The van der Waals surface area contributed by atoms with Crippen molar-refractivity contribution in [3.05, 3.63) is 40.0 Å². The van der Waals surface area contributed by atoms with Crippen LogP contribution in [0.15, 0.2) is 24.3 Å². The molecule has 0 aliphatic carbocycles. The molecule has 0 saturated heterocycles. The van der Waals surface area contributed by atoms with Crippen LogP contribution in [-0.4, -0.2) is 39.6 Å². The summed E-state index contributed by atoms with van der Waals surface area (Å²) in [5, 5.41) is 8.44. The van der Waals surface area contributed by atoms with Crippen LogP contribution >= 0.6 is 23.2 Å². The molecule has 170 valence electrons. The standard InChI is InChI=1S/C23H32Cl2N4O2/c1-6-8-9-10-22(31)28(7-2)15-21(30)26-20-14-19(23(3,4)5)27-29(20)16-11-12-17(24)18(25)13-16/h11-14H,6-10,15H2,1-5H3,(H,26,30). The van der Waals surface area contributed by atoms with Gasteiger partial charge in [0.05, 0.1) is 28.0 Å². The molecule has 0 radical (unpaired) electrons. The lowest BCUT2D eigenvalue weighted by Crippen LogP contribution is -2.38. The van der Waals surface area contributed by atoms with Crippen LogP contribution in [0, 0.1) is 0 Å². The molecular weight excluding hydrogens is 435 g/mol. The number of aromatic nitrogens is 2. The average molecular weight is 467 g/mol. The molecule has 0 aliphatic rings. The average Bonchev–Trinajstić information content (AvgIpc) is 3.12. The van der Waals surface area contributed by atoms with Crippen LogP contribution in [0.4, 0.5) is 5.82 Å². The Bertz CT molecular complexity index is 919. The number of anilines is 1. The van der Waals surface area contributed by atoms with E-state index in [1.807, 2.05) is 33.8 Å². The van der Waals surface area contributed by atoms with E-state index in [4.69, 9.17) is 23.2 Å². The minimum atomic E-state index is -0.271. The Morgan fingerprint density at radius 1 is 1.10 bits per heavy atom. The molecule has 2 aromatic rings. The van der Waals surface area contributed by atoms with Crippen molar-refractivity contribution in [3.8, 4) is 5.69 Å². The van der Waals surface area contributed by atoms with Crippen molar-refractivity contribution in [1.82, 2.24) is 14.7 Å². The van der Waals surface area contributed by atoms with Crippen molar-refractivity contribution in [1.29, 1.82) is 0 Å². The zero-order chi connectivity index (χ0) is 23.2. The molecule has 0 fully saturated rings. The van der Waals surface area contributed by atoms with Crippen molar-refractivity contribution in [2.75, 3.05) is 18.4 Å². The van der Waals surface area contributed by atoms with E-state index in [0.29, 0.717) is 34.5 Å². The van der Waals surface area contributed by atoms with Gasteiger partial charge in [-0.05, 0) is 31.5 Å². The lowest BCUT2D eigenvalue weighted by atomic mass is 9.92. The van der Waals surface area contributed by atoms with Crippen LogP contribution < -0.4 is 5.32 Å². The Labute approximate surface area is 194 Å². The zero-order valence-corrected chi connectivity index (χ0v) is 20.5. The molecule has 0 atom stereocenters. The van der Waals surface area contributed by atoms with Crippen LogP contribution in [0.3, 0.4) is 0 Å². The zero-order valence-electron chi connectivity index (χ0n) is 19.0. The number of carbonyl (C=O) groups excluding carboxylic acids is 2. The summed E-state index contributed by atoms with van der Waals surface area (Å²) in [4.78, 5) is 26.8. The Kier molecular flexibility index (Phi) is 8.95. The van der Waals surface area contributed by atoms with E-state index in [9.17, 15) is 9.59 Å². The highest BCUT2D eigenvalue weighted by Gasteiger charge is 2.23. The van der Waals surface area contributed by atoms with E-state index in [-0.39, 0.29) is 23.8 Å². The van der Waals surface area contributed by atoms with Crippen LogP contribution in [0.1, 0.15) is 66.0 Å². The number of nitrogens with zero attached hydrogens (tertiary/aromatic N) is 3. The molecule has 1 aromatic heterocycles. The topological polar surface area (TPSA) is 67.2 Å². The van der Waals surface area contributed by atoms with Crippen molar-refractivity contribution in [2.24, 2.45) is 0 Å². The summed E-state index contributed by atoms with van der Waals surface area (Å²) in [7, 11) is 0. The SMILES string of the molecule is CCCCCC(=O)N(CC)CC(=O)Nc1cc(C(C)(C)C)nn1-c1ccc(Cl)c(Cl)c1. The summed E-state index contributed by atoms with van der Waals surface area (Å²) in [6.07, 6.45) is 3.36. The third kappa shape index (κ3) is 6.97. The van der Waals surface area contributed by atoms with Gasteiger partial charge < -0.3 is 10.2 Å². The van der Waals surface area contributed by atoms with Gasteiger partial charge in [-0.3, -0.25) is 9.59 Å². The molecule has 8 heteroatoms. The highest BCUT2D eigenvalue weighted by atomic mass is 35.5. The van der Waals surface area contributed by atoms with E-state index in [1.165, 1.54) is 0 Å². The Morgan fingerprint density at radius 2 is 1.81 bits per heavy atom. The van der Waals surface area contributed by atoms with Gasteiger partial charge in [0.2, 0.25) is 11.8 Å². The Morgan fingerprint density at radius 3 is 2.39 bits per heavy atom. The lowest BCUT2D eigenvalue weighted by molar-refractivity contribution is -0.134. The van der Waals surface area contributed by atoms with Gasteiger partial charge in [-0.2, -0.15) is 5.10 Å². The number of hydrogen-bond donors (Lipinski definition) is 1. The van der Waals surface area contributed by atoms with Crippen LogP contribution in [0.5, 0.6) is 0 Å². The maximum absolute atomic E-state index is 12.8. The van der Waals surface area contributed by atoms with E-state index < -0.39 is 0 Å². The van der Waals surface area contributed by atoms with E-state index in [2.05, 4.69) is 17.3 Å². The fourth-order valence-corrected chi connectivity index (χ4v) is 3.36. The summed E-state index contributed by atoms with van der Waals surface area (Å²) < 4.78 is 1.64. The molecule has 0 saturated carbocycles. The molecule has 1 N–H and O–H groups in total. The van der Waals surface area contributed by atoms with E-state index in [0.717, 1.165) is 25.0 Å². The van der Waals surface area contributed by atoms with Gasteiger partial charge >= 0.3 is 0 Å². The summed E-state index contributed by atoms with van der Waals surface area (Å²) >= 11 is 12.2. The van der Waals surface area contributed by atoms with Crippen molar-refractivity contribution in [3.63, 3.8) is 0 Å². The summed E-state index contributed by atoms with van der Waals surface area (Å²) in [6.45, 7) is 10.6. The number of benzene rings is 1. The minimum absolute atomic E-state index is 0.000490. The lowest BCUT2D eigenvalue weighted by Gasteiger charge is -2.20. The first-order valence-electron chi connectivity index (χ1n) is 10.7. The van der Waals surface area contributed by atoms with Gasteiger partial charge in [-0.1, -0.05) is 63.7 Å². The number of nitrogens with one attached hydrogen (secondary N) is 1. The predicted molar refractivity (Wildman–Crippen MR) is 127 cm³/mol. The third-order valence-corrected chi connectivity index (χ3v) is 5.70. The highest BCUT2D eigenvalue weighted by molar-refractivity contribution is 6.42. The van der Waals surface area contributed by atoms with Gasteiger partial charge in [-0.15, -0.1) is 0 Å². The maximum atomic E-state index is 12.8. The van der Waals surface area contributed by atoms with Crippen LogP contribution in [0.25, 0.3) is 5.69 Å². The van der Waals surface area contributed by atoms with E-state index in [1.54, 1.807) is 27.8 Å². The van der Waals surface area contributed by atoms with Crippen molar-refractivity contribution < 1.29 is 9.59 Å². The maximum Gasteiger partial charge on any atom is 0.245 e. The van der Waals surface area contributed by atoms with E-state index >= 15 is 0 Å². The second-order valence-electron chi connectivity index (χ2n) is 8.59. The smallest absolute Gasteiger partial charge is 0.245 e. The molecule has 0 spiro atoms. The molecule has 1 heterocycles. The Balaban J connectivity index is 2.24. The van der Waals surface area contributed by atoms with Crippen LogP contribution in [0.2, 0.25) is 10.0 Å². The normalized spacial score (nSPS) is 11.5. The van der Waals surface area contributed by atoms with Gasteiger partial charge in [0.25, 0.3) is 0 Å². The number of likely N-dealkylation sites (N-methyl/N-ethyl adjacent to an activating group) is 1. The largest absolute Gasteiger partial charge is 0.334 e. The summed E-state index contributed by atoms with van der Waals surface area (Å²) in [5.74, 6) is 0.245. The number of hydrogen-bond acceptors (Lipinski definition) is 3. The number of unbranched alkanes of at least 4 members (excludes halogenated alkanes) is 2. The first kappa shape index (κ1) is 25.2. The summed E-state index contributed by atoms with van der Waals surface area (Å²) in [6, 6.07) is 7.03. The molecular formula is C23H32Cl2N4O2. The number of halogens is 2. The summed E-state index contributed by atoms with van der Waals surface area (Å²) in [5.41, 5.74) is 1.28. The van der Waals surface area contributed by atoms with Gasteiger partial charge in [0.1, 0.15) is 5.82 Å². The fourth-order valence-electron chi connectivity index (χ4n) is 3.07. The number of carbonyl (C=O) groups is 2. The molecule has 1 aromatic carbocycles.